The van der Waals surface area contributed by atoms with Crippen LogP contribution in [0.3, 0.4) is 0 Å². The topological polar surface area (TPSA) is 54.9 Å². The molecule has 0 spiro atoms. The van der Waals surface area contributed by atoms with Gasteiger partial charge < -0.3 is 5.32 Å². The van der Waals surface area contributed by atoms with Crippen molar-refractivity contribution in [3.8, 4) is 0 Å². The molecular formula is C12H9BrClN3O. The summed E-state index contributed by atoms with van der Waals surface area (Å²) in [4.78, 5) is 19.8. The fourth-order valence-electron chi connectivity index (χ4n) is 1.36. The van der Waals surface area contributed by atoms with Crippen LogP contribution in [0.15, 0.2) is 35.1 Å². The summed E-state index contributed by atoms with van der Waals surface area (Å²) in [5.41, 5.74) is 1.61. The van der Waals surface area contributed by atoms with E-state index in [-0.39, 0.29) is 11.1 Å². The monoisotopic (exact) mass is 325 g/mol. The van der Waals surface area contributed by atoms with Gasteiger partial charge in [-0.3, -0.25) is 4.79 Å². The Bertz CT molecular complexity index is 586. The van der Waals surface area contributed by atoms with Crippen molar-refractivity contribution in [2.24, 2.45) is 0 Å². The molecule has 2 rings (SSSR count). The van der Waals surface area contributed by atoms with Crippen molar-refractivity contribution in [3.05, 3.63) is 51.3 Å². The molecule has 92 valence electrons. The van der Waals surface area contributed by atoms with Crippen LogP contribution < -0.4 is 5.32 Å². The van der Waals surface area contributed by atoms with Crippen LogP contribution >= 0.6 is 27.5 Å². The molecule has 0 aliphatic carbocycles. The molecule has 1 aromatic heterocycles. The number of carbonyl (C=O) groups is 1. The van der Waals surface area contributed by atoms with Crippen LogP contribution in [0.2, 0.25) is 5.15 Å². The summed E-state index contributed by atoms with van der Waals surface area (Å²) in [5.74, 6) is 0.107. The fourth-order valence-corrected chi connectivity index (χ4v) is 2.14. The molecule has 1 aromatic carbocycles. The smallest absolute Gasteiger partial charge is 0.258 e. The fraction of sp³-hybridized carbons (Fsp3) is 0.0833. The molecule has 18 heavy (non-hydrogen) atoms. The molecule has 6 heteroatoms. The van der Waals surface area contributed by atoms with E-state index in [9.17, 15) is 4.79 Å². The highest BCUT2D eigenvalue weighted by molar-refractivity contribution is 9.10. The van der Waals surface area contributed by atoms with E-state index < -0.39 is 0 Å². The predicted octanol–water partition coefficient (Wildman–Crippen LogP) is 3.45. The Labute approximate surface area is 118 Å². The van der Waals surface area contributed by atoms with E-state index >= 15 is 0 Å². The van der Waals surface area contributed by atoms with Crippen molar-refractivity contribution in [1.29, 1.82) is 0 Å². The molecule has 4 nitrogen and oxygen atoms in total. The molecular weight excluding hydrogens is 318 g/mol. The largest absolute Gasteiger partial charge is 0.305 e. The van der Waals surface area contributed by atoms with E-state index in [1.807, 2.05) is 19.1 Å². The lowest BCUT2D eigenvalue weighted by atomic mass is 10.1. The zero-order valence-electron chi connectivity index (χ0n) is 9.45. The molecule has 0 saturated heterocycles. The second kappa shape index (κ2) is 5.46. The van der Waals surface area contributed by atoms with E-state index in [4.69, 9.17) is 11.6 Å². The van der Waals surface area contributed by atoms with Gasteiger partial charge in [-0.05, 0) is 40.5 Å². The van der Waals surface area contributed by atoms with Gasteiger partial charge in [0.1, 0.15) is 5.15 Å². The third kappa shape index (κ3) is 3.05. The Balaban J connectivity index is 2.19. The first-order valence-corrected chi connectivity index (χ1v) is 6.28. The number of aromatic nitrogens is 2. The number of benzene rings is 1. The van der Waals surface area contributed by atoms with Crippen molar-refractivity contribution in [2.75, 3.05) is 5.32 Å². The Kier molecular flexibility index (Phi) is 3.93. The average molecular weight is 327 g/mol. The molecule has 2 aromatic rings. The summed E-state index contributed by atoms with van der Waals surface area (Å²) in [7, 11) is 0. The van der Waals surface area contributed by atoms with E-state index in [0.717, 1.165) is 10.0 Å². The van der Waals surface area contributed by atoms with Gasteiger partial charge in [0, 0.05) is 4.47 Å². The molecule has 0 atom stereocenters. The Morgan fingerprint density at radius 3 is 2.72 bits per heavy atom. The highest BCUT2D eigenvalue weighted by atomic mass is 79.9. The number of amides is 1. The van der Waals surface area contributed by atoms with Crippen LogP contribution in [0.4, 0.5) is 5.82 Å². The van der Waals surface area contributed by atoms with Gasteiger partial charge >= 0.3 is 0 Å². The van der Waals surface area contributed by atoms with E-state index in [1.54, 1.807) is 6.07 Å². The second-order valence-electron chi connectivity index (χ2n) is 3.66. The summed E-state index contributed by atoms with van der Waals surface area (Å²) >= 11 is 8.97. The lowest BCUT2D eigenvalue weighted by Gasteiger charge is -2.06. The summed E-state index contributed by atoms with van der Waals surface area (Å²) in [6, 6.07) is 5.49. The highest BCUT2D eigenvalue weighted by Gasteiger charge is 2.10. The van der Waals surface area contributed by atoms with Crippen LogP contribution in [0, 0.1) is 6.92 Å². The number of carbonyl (C=O) groups excluding carboxylic acids is 1. The number of hydrogen-bond donors (Lipinski definition) is 1. The molecule has 1 N–H and O–H groups in total. The van der Waals surface area contributed by atoms with Gasteiger partial charge in [-0.25, -0.2) is 9.97 Å². The van der Waals surface area contributed by atoms with Crippen molar-refractivity contribution in [3.63, 3.8) is 0 Å². The van der Waals surface area contributed by atoms with Gasteiger partial charge in [-0.15, -0.1) is 0 Å². The second-order valence-corrected chi connectivity index (χ2v) is 4.90. The molecule has 0 fully saturated rings. The van der Waals surface area contributed by atoms with E-state index in [2.05, 4.69) is 31.2 Å². The quantitative estimate of drug-likeness (QED) is 0.919. The zero-order valence-corrected chi connectivity index (χ0v) is 11.8. The third-order valence-corrected chi connectivity index (χ3v) is 3.08. The van der Waals surface area contributed by atoms with Crippen molar-refractivity contribution in [1.82, 2.24) is 9.97 Å². The number of halogens is 2. The first kappa shape index (κ1) is 13.0. The van der Waals surface area contributed by atoms with Crippen LogP contribution in [-0.4, -0.2) is 15.9 Å². The molecule has 0 aliphatic heterocycles. The van der Waals surface area contributed by atoms with E-state index in [1.165, 1.54) is 12.4 Å². The van der Waals surface area contributed by atoms with Gasteiger partial charge in [0.25, 0.3) is 5.91 Å². The molecule has 0 bridgehead atoms. The minimum atomic E-state index is -0.251. The first-order valence-electron chi connectivity index (χ1n) is 5.11. The number of hydrogen-bond acceptors (Lipinski definition) is 3. The summed E-state index contributed by atoms with van der Waals surface area (Å²) in [5, 5.41) is 2.93. The molecule has 0 saturated carbocycles. The molecule has 0 unspecified atom stereocenters. The number of rotatable bonds is 2. The SMILES string of the molecule is Cc1ccc(C(=O)Nc2cnc(Cl)cn2)c(Br)c1. The van der Waals surface area contributed by atoms with Crippen molar-refractivity contribution in [2.45, 2.75) is 6.92 Å². The van der Waals surface area contributed by atoms with Gasteiger partial charge in [0.15, 0.2) is 5.82 Å². The van der Waals surface area contributed by atoms with E-state index in [0.29, 0.717) is 11.4 Å². The Morgan fingerprint density at radius 1 is 1.33 bits per heavy atom. The molecule has 0 radical (unpaired) electrons. The summed E-state index contributed by atoms with van der Waals surface area (Å²) in [6.45, 7) is 1.96. The van der Waals surface area contributed by atoms with Crippen LogP contribution in [0.1, 0.15) is 15.9 Å². The third-order valence-electron chi connectivity index (χ3n) is 2.23. The van der Waals surface area contributed by atoms with Crippen LogP contribution in [0.25, 0.3) is 0 Å². The van der Waals surface area contributed by atoms with Gasteiger partial charge in [-0.1, -0.05) is 17.7 Å². The Morgan fingerprint density at radius 2 is 2.11 bits per heavy atom. The standard InChI is InChI=1S/C12H9BrClN3O/c1-7-2-3-8(9(13)4-7)12(18)17-11-6-15-10(14)5-16-11/h2-6H,1H3,(H,16,17,18). The maximum Gasteiger partial charge on any atom is 0.258 e. The minimum absolute atomic E-state index is 0.251. The minimum Gasteiger partial charge on any atom is -0.305 e. The lowest BCUT2D eigenvalue weighted by Crippen LogP contribution is -2.13. The Hall–Kier alpha value is -1.46. The molecule has 1 heterocycles. The van der Waals surface area contributed by atoms with Crippen LogP contribution in [-0.2, 0) is 0 Å². The zero-order chi connectivity index (χ0) is 13.1. The van der Waals surface area contributed by atoms with Gasteiger partial charge in [-0.2, -0.15) is 0 Å². The van der Waals surface area contributed by atoms with Gasteiger partial charge in [0.05, 0.1) is 18.0 Å². The van der Waals surface area contributed by atoms with Crippen molar-refractivity contribution < 1.29 is 4.79 Å². The summed E-state index contributed by atoms with van der Waals surface area (Å²) in [6.07, 6.45) is 2.78. The first-order chi connectivity index (χ1) is 8.56. The maximum atomic E-state index is 12.0. The number of aryl methyl sites for hydroxylation is 1. The highest BCUT2D eigenvalue weighted by Crippen LogP contribution is 2.19. The average Bonchev–Trinajstić information content (AvgIpc) is 2.32. The van der Waals surface area contributed by atoms with Crippen LogP contribution in [0.5, 0.6) is 0 Å². The number of anilines is 1. The summed E-state index contributed by atoms with van der Waals surface area (Å²) < 4.78 is 0.738. The number of nitrogens with zero attached hydrogens (tertiary/aromatic N) is 2. The molecule has 0 aliphatic rings. The number of nitrogens with one attached hydrogen (secondary N) is 1. The van der Waals surface area contributed by atoms with Crippen molar-refractivity contribution >= 4 is 39.3 Å². The normalized spacial score (nSPS) is 10.2. The lowest BCUT2D eigenvalue weighted by molar-refractivity contribution is 0.102. The van der Waals surface area contributed by atoms with Gasteiger partial charge in [0.2, 0.25) is 0 Å². The molecule has 1 amide bonds. The predicted molar refractivity (Wildman–Crippen MR) is 73.9 cm³/mol. The maximum absolute atomic E-state index is 12.0.